The van der Waals surface area contributed by atoms with Crippen molar-refractivity contribution in [1.82, 2.24) is 9.88 Å². The van der Waals surface area contributed by atoms with Crippen molar-refractivity contribution in [3.8, 4) is 11.5 Å². The number of benzene rings is 2. The van der Waals surface area contributed by atoms with Crippen molar-refractivity contribution in [2.45, 2.75) is 25.7 Å². The highest BCUT2D eigenvalue weighted by atomic mass is 16.5. The highest BCUT2D eigenvalue weighted by Crippen LogP contribution is 2.30. The zero-order chi connectivity index (χ0) is 21.3. The number of likely N-dealkylation sites (tertiary alicyclic amines) is 1. The highest BCUT2D eigenvalue weighted by Gasteiger charge is 2.26. The largest absolute Gasteiger partial charge is 0.454 e. The zero-order valence-electron chi connectivity index (χ0n) is 17.7. The molecule has 2 heterocycles. The van der Waals surface area contributed by atoms with Gasteiger partial charge in [0.25, 0.3) is 0 Å². The Labute approximate surface area is 184 Å². The van der Waals surface area contributed by atoms with Crippen molar-refractivity contribution in [1.29, 1.82) is 0 Å². The summed E-state index contributed by atoms with van der Waals surface area (Å²) >= 11 is 0. The van der Waals surface area contributed by atoms with E-state index < -0.39 is 0 Å². The number of amides is 1. The number of piperidine rings is 1. The Morgan fingerprint density at radius 1 is 1.06 bits per heavy atom. The van der Waals surface area contributed by atoms with Crippen molar-refractivity contribution >= 4 is 11.6 Å². The summed E-state index contributed by atoms with van der Waals surface area (Å²) in [4.78, 5) is 19.5. The number of rotatable bonds is 8. The second kappa shape index (κ2) is 10.7. The molecule has 1 amide bonds. The maximum Gasteiger partial charge on any atom is 0.228 e. The Balaban J connectivity index is 1.31. The van der Waals surface area contributed by atoms with Gasteiger partial charge in [-0.05, 0) is 68.6 Å². The van der Waals surface area contributed by atoms with Crippen LogP contribution in [0.5, 0.6) is 11.5 Å². The molecule has 2 aromatic carbocycles. The molecule has 0 bridgehead atoms. The highest BCUT2D eigenvalue weighted by molar-refractivity contribution is 5.94. The van der Waals surface area contributed by atoms with Crippen LogP contribution in [0.4, 0.5) is 5.69 Å². The van der Waals surface area contributed by atoms with Crippen molar-refractivity contribution in [2.75, 3.05) is 25.0 Å². The lowest BCUT2D eigenvalue weighted by Gasteiger charge is -2.32. The summed E-state index contributed by atoms with van der Waals surface area (Å²) in [5.41, 5.74) is 2.07. The van der Waals surface area contributed by atoms with Gasteiger partial charge in [0.05, 0.1) is 17.8 Å². The van der Waals surface area contributed by atoms with E-state index in [0.717, 1.165) is 45.3 Å². The van der Waals surface area contributed by atoms with E-state index in [2.05, 4.69) is 45.5 Å². The van der Waals surface area contributed by atoms with Gasteiger partial charge in [-0.15, -0.1) is 0 Å². The van der Waals surface area contributed by atoms with Gasteiger partial charge in [0.1, 0.15) is 5.75 Å². The number of pyridine rings is 1. The molecule has 1 N–H and O–H groups in total. The van der Waals surface area contributed by atoms with E-state index in [-0.39, 0.29) is 11.8 Å². The lowest BCUT2D eigenvalue weighted by molar-refractivity contribution is -0.121. The quantitative estimate of drug-likeness (QED) is 0.552. The fourth-order valence-electron chi connectivity index (χ4n) is 4.05. The molecule has 0 radical (unpaired) electrons. The minimum absolute atomic E-state index is 0.00285. The van der Waals surface area contributed by atoms with Gasteiger partial charge in [0.2, 0.25) is 5.91 Å². The number of carbonyl (C=O) groups is 1. The van der Waals surface area contributed by atoms with Gasteiger partial charge >= 0.3 is 0 Å². The molecule has 0 saturated carbocycles. The first kappa shape index (κ1) is 21.1. The van der Waals surface area contributed by atoms with Crippen molar-refractivity contribution < 1.29 is 9.53 Å². The Bertz CT molecular complexity index is 963. The maximum absolute atomic E-state index is 13.0. The summed E-state index contributed by atoms with van der Waals surface area (Å²) in [5.74, 6) is 1.33. The summed E-state index contributed by atoms with van der Waals surface area (Å²) in [6.45, 7) is 2.91. The lowest BCUT2D eigenvalue weighted by Crippen LogP contribution is -2.41. The van der Waals surface area contributed by atoms with E-state index in [4.69, 9.17) is 4.74 Å². The second-order valence-corrected chi connectivity index (χ2v) is 8.01. The molecule has 0 aliphatic carbocycles. The number of ether oxygens (including phenoxy) is 1. The minimum Gasteiger partial charge on any atom is -0.454 e. The Morgan fingerprint density at radius 2 is 1.90 bits per heavy atom. The Morgan fingerprint density at radius 3 is 2.74 bits per heavy atom. The van der Waals surface area contributed by atoms with Crippen LogP contribution in [-0.2, 0) is 11.2 Å². The number of aromatic nitrogens is 1. The molecule has 5 nitrogen and oxygen atoms in total. The third kappa shape index (κ3) is 6.15. The van der Waals surface area contributed by atoms with Gasteiger partial charge in [-0.25, -0.2) is 0 Å². The molecule has 1 aromatic heterocycles. The third-order valence-corrected chi connectivity index (χ3v) is 5.67. The zero-order valence-corrected chi connectivity index (χ0v) is 17.7. The summed E-state index contributed by atoms with van der Waals surface area (Å²) in [6.07, 6.45) is 7.53. The number of nitrogens with zero attached hydrogens (tertiary/aromatic N) is 2. The monoisotopic (exact) mass is 415 g/mol. The van der Waals surface area contributed by atoms with Crippen molar-refractivity contribution in [3.05, 3.63) is 84.7 Å². The topological polar surface area (TPSA) is 54.5 Å². The Hall–Kier alpha value is -3.18. The minimum atomic E-state index is -0.00285. The van der Waals surface area contributed by atoms with Gasteiger partial charge in [0, 0.05) is 12.7 Å². The molecule has 1 aliphatic heterocycles. The number of nitrogens with one attached hydrogen (secondary N) is 1. The SMILES string of the molecule is O=C(Nc1ccccc1Oc1cccnc1)[C@H]1CCCN(CCCc2ccccc2)C1. The van der Waals surface area contributed by atoms with Gasteiger partial charge in [-0.2, -0.15) is 0 Å². The fraction of sp³-hybridized carbons (Fsp3) is 0.308. The predicted octanol–water partition coefficient (Wildman–Crippen LogP) is 5.16. The molecule has 1 atom stereocenters. The number of hydrogen-bond donors (Lipinski definition) is 1. The number of carbonyl (C=O) groups excluding carboxylic acids is 1. The molecule has 160 valence electrons. The van der Waals surface area contributed by atoms with Crippen LogP contribution in [0.3, 0.4) is 0 Å². The van der Waals surface area contributed by atoms with Crippen LogP contribution >= 0.6 is 0 Å². The number of aryl methyl sites for hydroxylation is 1. The van der Waals surface area contributed by atoms with E-state index >= 15 is 0 Å². The third-order valence-electron chi connectivity index (χ3n) is 5.67. The molecule has 1 fully saturated rings. The van der Waals surface area contributed by atoms with Crippen LogP contribution in [-0.4, -0.2) is 35.4 Å². The van der Waals surface area contributed by atoms with Crippen molar-refractivity contribution in [2.24, 2.45) is 5.92 Å². The van der Waals surface area contributed by atoms with E-state index in [0.29, 0.717) is 17.2 Å². The van der Waals surface area contributed by atoms with Gasteiger partial charge in [0.15, 0.2) is 5.75 Å². The number of anilines is 1. The molecule has 1 aliphatic rings. The van der Waals surface area contributed by atoms with Crippen LogP contribution in [0.1, 0.15) is 24.8 Å². The van der Waals surface area contributed by atoms with Crippen LogP contribution in [0.2, 0.25) is 0 Å². The molecule has 0 spiro atoms. The molecular weight excluding hydrogens is 386 g/mol. The van der Waals surface area contributed by atoms with Crippen molar-refractivity contribution in [3.63, 3.8) is 0 Å². The summed E-state index contributed by atoms with van der Waals surface area (Å²) < 4.78 is 5.93. The normalized spacial score (nSPS) is 16.6. The maximum atomic E-state index is 13.0. The number of para-hydroxylation sites is 2. The molecule has 1 saturated heterocycles. The first-order valence-electron chi connectivity index (χ1n) is 11.0. The van der Waals surface area contributed by atoms with Crippen LogP contribution in [0, 0.1) is 5.92 Å². The average molecular weight is 416 g/mol. The second-order valence-electron chi connectivity index (χ2n) is 8.01. The molecular formula is C26H29N3O2. The van der Waals surface area contributed by atoms with E-state index in [1.54, 1.807) is 12.4 Å². The molecule has 4 rings (SSSR count). The number of hydrogen-bond acceptors (Lipinski definition) is 4. The summed E-state index contributed by atoms with van der Waals surface area (Å²) in [5, 5.41) is 3.09. The fourth-order valence-corrected chi connectivity index (χ4v) is 4.05. The van der Waals surface area contributed by atoms with Crippen LogP contribution in [0.15, 0.2) is 79.1 Å². The first-order valence-corrected chi connectivity index (χ1v) is 11.0. The summed E-state index contributed by atoms with van der Waals surface area (Å²) in [6, 6.07) is 21.8. The Kier molecular flexibility index (Phi) is 7.29. The molecule has 0 unspecified atom stereocenters. The summed E-state index contributed by atoms with van der Waals surface area (Å²) in [7, 11) is 0. The van der Waals surface area contributed by atoms with E-state index in [1.165, 1.54) is 5.56 Å². The molecule has 3 aromatic rings. The van der Waals surface area contributed by atoms with Crippen LogP contribution in [0.25, 0.3) is 0 Å². The van der Waals surface area contributed by atoms with Gasteiger partial charge < -0.3 is 15.0 Å². The predicted molar refractivity (Wildman–Crippen MR) is 123 cm³/mol. The first-order chi connectivity index (χ1) is 15.3. The molecule has 5 heteroatoms. The van der Waals surface area contributed by atoms with Gasteiger partial charge in [-0.3, -0.25) is 9.78 Å². The van der Waals surface area contributed by atoms with E-state index in [9.17, 15) is 4.79 Å². The smallest absolute Gasteiger partial charge is 0.228 e. The standard InChI is InChI=1S/C26H29N3O2/c30-26(28-24-14-4-5-15-25(24)31-23-13-6-16-27-19-23)22-12-8-18-29(20-22)17-7-11-21-9-2-1-3-10-21/h1-6,9-10,13-16,19,22H,7-8,11-12,17-18,20H2,(H,28,30)/t22-/m0/s1. The average Bonchev–Trinajstić information content (AvgIpc) is 2.82. The lowest BCUT2D eigenvalue weighted by atomic mass is 9.96. The van der Waals surface area contributed by atoms with E-state index in [1.807, 2.05) is 36.4 Å². The molecule has 31 heavy (non-hydrogen) atoms. The van der Waals surface area contributed by atoms with Crippen LogP contribution < -0.4 is 10.1 Å². The van der Waals surface area contributed by atoms with Gasteiger partial charge in [-0.1, -0.05) is 42.5 Å².